The van der Waals surface area contributed by atoms with Gasteiger partial charge in [-0.05, 0) is 37.5 Å². The summed E-state index contributed by atoms with van der Waals surface area (Å²) in [4.78, 5) is 37.3. The zero-order valence-corrected chi connectivity index (χ0v) is 14.4. The highest BCUT2D eigenvalue weighted by Crippen LogP contribution is 2.22. The van der Waals surface area contributed by atoms with Crippen molar-refractivity contribution in [3.05, 3.63) is 29.8 Å². The van der Waals surface area contributed by atoms with Crippen molar-refractivity contribution >= 4 is 23.5 Å². The Labute approximate surface area is 142 Å². The molecule has 0 unspecified atom stereocenters. The Kier molecular flexibility index (Phi) is 5.95. The molecule has 1 saturated heterocycles. The van der Waals surface area contributed by atoms with E-state index in [1.807, 2.05) is 20.8 Å². The Morgan fingerprint density at radius 2 is 2.04 bits per heavy atom. The Hall–Kier alpha value is -2.37. The molecule has 1 atom stereocenters. The van der Waals surface area contributed by atoms with Crippen LogP contribution in [0.4, 0.5) is 5.69 Å². The molecule has 1 aliphatic rings. The lowest BCUT2D eigenvalue weighted by atomic mass is 10.1. The first-order valence-electron chi connectivity index (χ1n) is 8.25. The third-order valence-corrected chi connectivity index (χ3v) is 4.19. The van der Waals surface area contributed by atoms with Gasteiger partial charge in [-0.3, -0.25) is 9.59 Å². The van der Waals surface area contributed by atoms with Crippen molar-refractivity contribution in [2.75, 3.05) is 18.1 Å². The molecule has 6 nitrogen and oxygen atoms in total. The number of hydrogen-bond acceptors (Lipinski definition) is 4. The summed E-state index contributed by atoms with van der Waals surface area (Å²) < 4.78 is 5.06. The molecule has 1 aromatic carbocycles. The minimum atomic E-state index is -0.573. The normalized spacial score (nSPS) is 15.5. The number of nitrogens with one attached hydrogen (secondary N) is 1. The molecule has 0 bridgehead atoms. The van der Waals surface area contributed by atoms with E-state index >= 15 is 0 Å². The quantitative estimate of drug-likeness (QED) is 0.810. The van der Waals surface area contributed by atoms with E-state index in [0.717, 1.165) is 6.42 Å². The molecule has 1 heterocycles. The van der Waals surface area contributed by atoms with Crippen LogP contribution in [0.25, 0.3) is 0 Å². The summed E-state index contributed by atoms with van der Waals surface area (Å²) in [7, 11) is 0. The van der Waals surface area contributed by atoms with E-state index in [1.165, 1.54) is 0 Å². The second-order valence-electron chi connectivity index (χ2n) is 6.38. The van der Waals surface area contributed by atoms with E-state index in [-0.39, 0.29) is 24.5 Å². The van der Waals surface area contributed by atoms with Gasteiger partial charge in [-0.15, -0.1) is 0 Å². The molecule has 0 saturated carbocycles. The summed E-state index contributed by atoms with van der Waals surface area (Å²) in [5.41, 5.74) is 1.02. The van der Waals surface area contributed by atoms with E-state index in [4.69, 9.17) is 4.74 Å². The largest absolute Gasteiger partial charge is 0.452 e. The lowest BCUT2D eigenvalue weighted by Crippen LogP contribution is -2.38. The first-order chi connectivity index (χ1) is 11.4. The number of carbonyl (C=O) groups excluding carboxylic acids is 3. The van der Waals surface area contributed by atoms with Gasteiger partial charge < -0.3 is 15.0 Å². The second-order valence-corrected chi connectivity index (χ2v) is 6.38. The fourth-order valence-corrected chi connectivity index (χ4v) is 2.40. The molecule has 0 aliphatic carbocycles. The highest BCUT2D eigenvalue weighted by Gasteiger charge is 2.22. The Morgan fingerprint density at radius 3 is 2.67 bits per heavy atom. The molecule has 6 heteroatoms. The van der Waals surface area contributed by atoms with Gasteiger partial charge in [-0.25, -0.2) is 4.79 Å². The van der Waals surface area contributed by atoms with Gasteiger partial charge in [-0.2, -0.15) is 0 Å². The second kappa shape index (κ2) is 7.95. The molecule has 0 radical (unpaired) electrons. The van der Waals surface area contributed by atoms with Gasteiger partial charge in [0, 0.05) is 24.7 Å². The highest BCUT2D eigenvalue weighted by atomic mass is 16.5. The van der Waals surface area contributed by atoms with Crippen LogP contribution < -0.4 is 10.2 Å². The number of benzene rings is 1. The Bertz CT molecular complexity index is 627. The van der Waals surface area contributed by atoms with Crippen molar-refractivity contribution in [2.45, 2.75) is 39.7 Å². The lowest BCUT2D eigenvalue weighted by molar-refractivity contribution is -0.125. The van der Waals surface area contributed by atoms with Crippen LogP contribution in [-0.2, 0) is 14.3 Å². The van der Waals surface area contributed by atoms with E-state index in [9.17, 15) is 14.4 Å². The van der Waals surface area contributed by atoms with Gasteiger partial charge in [0.15, 0.2) is 6.61 Å². The van der Waals surface area contributed by atoms with Crippen LogP contribution in [0.1, 0.15) is 44.0 Å². The predicted octanol–water partition coefficient (Wildman–Crippen LogP) is 2.13. The topological polar surface area (TPSA) is 75.7 Å². The third-order valence-electron chi connectivity index (χ3n) is 4.19. The first-order valence-corrected chi connectivity index (χ1v) is 8.25. The number of ether oxygens (including phenoxy) is 1. The minimum absolute atomic E-state index is 0.0145. The molecule has 2 amide bonds. The third kappa shape index (κ3) is 4.57. The summed E-state index contributed by atoms with van der Waals surface area (Å²) in [5, 5.41) is 2.78. The van der Waals surface area contributed by atoms with Gasteiger partial charge >= 0.3 is 5.97 Å². The molecule has 1 aromatic rings. The van der Waals surface area contributed by atoms with Crippen LogP contribution in [0, 0.1) is 5.92 Å². The number of anilines is 1. The number of nitrogens with zero attached hydrogens (tertiary/aromatic N) is 1. The Morgan fingerprint density at radius 1 is 1.29 bits per heavy atom. The van der Waals surface area contributed by atoms with Crippen molar-refractivity contribution in [2.24, 2.45) is 5.92 Å². The van der Waals surface area contributed by atoms with Crippen molar-refractivity contribution in [3.8, 4) is 0 Å². The monoisotopic (exact) mass is 332 g/mol. The zero-order chi connectivity index (χ0) is 17.7. The van der Waals surface area contributed by atoms with Crippen molar-refractivity contribution in [1.82, 2.24) is 5.32 Å². The maximum atomic E-state index is 12.1. The van der Waals surface area contributed by atoms with Gasteiger partial charge in [-0.1, -0.05) is 19.9 Å². The van der Waals surface area contributed by atoms with Crippen molar-refractivity contribution < 1.29 is 19.1 Å². The SMILES string of the molecule is CC(C)[C@@H](C)NC(=O)COC(=O)c1cccc(N2CCCC2=O)c1. The average molecular weight is 332 g/mol. The van der Waals surface area contributed by atoms with Gasteiger partial charge in [0.25, 0.3) is 5.91 Å². The molecule has 24 heavy (non-hydrogen) atoms. The standard InChI is InChI=1S/C18H24N2O4/c1-12(2)13(3)19-16(21)11-24-18(23)14-6-4-7-15(10-14)20-9-5-8-17(20)22/h4,6-7,10,12-13H,5,8-9,11H2,1-3H3,(H,19,21)/t13-/m1/s1. The highest BCUT2D eigenvalue weighted by molar-refractivity contribution is 5.97. The van der Waals surface area contributed by atoms with Crippen LogP contribution >= 0.6 is 0 Å². The number of esters is 1. The molecule has 130 valence electrons. The van der Waals surface area contributed by atoms with E-state index in [1.54, 1.807) is 29.2 Å². The first kappa shape index (κ1) is 18.0. The van der Waals surface area contributed by atoms with Gasteiger partial charge in [0.05, 0.1) is 5.56 Å². The molecule has 0 spiro atoms. The summed E-state index contributed by atoms with van der Waals surface area (Å²) in [6.45, 7) is 6.25. The number of hydrogen-bond donors (Lipinski definition) is 1. The molecule has 1 fully saturated rings. The molecule has 2 rings (SSSR count). The maximum absolute atomic E-state index is 12.1. The van der Waals surface area contributed by atoms with Crippen LogP contribution in [0.3, 0.4) is 0 Å². The summed E-state index contributed by atoms with van der Waals surface area (Å²) in [6.07, 6.45) is 1.35. The molecule has 0 aromatic heterocycles. The number of amides is 2. The fourth-order valence-electron chi connectivity index (χ4n) is 2.40. The van der Waals surface area contributed by atoms with Gasteiger partial charge in [0.2, 0.25) is 5.91 Å². The predicted molar refractivity (Wildman–Crippen MR) is 90.8 cm³/mol. The van der Waals surface area contributed by atoms with Gasteiger partial charge in [0.1, 0.15) is 0 Å². The van der Waals surface area contributed by atoms with E-state index in [2.05, 4.69) is 5.32 Å². The smallest absolute Gasteiger partial charge is 0.338 e. The average Bonchev–Trinajstić information content (AvgIpc) is 2.98. The molecule has 1 aliphatic heterocycles. The lowest BCUT2D eigenvalue weighted by Gasteiger charge is -2.17. The maximum Gasteiger partial charge on any atom is 0.338 e. The minimum Gasteiger partial charge on any atom is -0.452 e. The van der Waals surface area contributed by atoms with Crippen LogP contribution in [0.2, 0.25) is 0 Å². The van der Waals surface area contributed by atoms with E-state index in [0.29, 0.717) is 30.1 Å². The zero-order valence-electron chi connectivity index (χ0n) is 14.4. The van der Waals surface area contributed by atoms with Crippen molar-refractivity contribution in [1.29, 1.82) is 0 Å². The number of rotatable bonds is 6. The molecular weight excluding hydrogens is 308 g/mol. The fraction of sp³-hybridized carbons (Fsp3) is 0.500. The van der Waals surface area contributed by atoms with Crippen LogP contribution in [0.5, 0.6) is 0 Å². The van der Waals surface area contributed by atoms with Crippen LogP contribution in [-0.4, -0.2) is 37.0 Å². The van der Waals surface area contributed by atoms with Crippen molar-refractivity contribution in [3.63, 3.8) is 0 Å². The number of carbonyl (C=O) groups is 3. The summed E-state index contributed by atoms with van der Waals surface area (Å²) in [6, 6.07) is 6.75. The molecular formula is C18H24N2O4. The summed E-state index contributed by atoms with van der Waals surface area (Å²) >= 11 is 0. The Balaban J connectivity index is 1.93. The summed E-state index contributed by atoms with van der Waals surface area (Å²) in [5.74, 6) is -0.534. The molecule has 1 N–H and O–H groups in total. The van der Waals surface area contributed by atoms with Crippen LogP contribution in [0.15, 0.2) is 24.3 Å². The van der Waals surface area contributed by atoms with E-state index < -0.39 is 5.97 Å².